The number of aromatic nitrogens is 4. The number of hydrogen-bond donors (Lipinski definition) is 1. The summed E-state index contributed by atoms with van der Waals surface area (Å²) in [5, 5.41) is 5.82. The average Bonchev–Trinajstić information content (AvgIpc) is 3.41. The van der Waals surface area contributed by atoms with Gasteiger partial charge in [-0.05, 0) is 24.5 Å². The molecule has 3 atom stereocenters. The molecule has 0 radical (unpaired) electrons. The highest BCUT2D eigenvalue weighted by molar-refractivity contribution is 7.20. The van der Waals surface area contributed by atoms with Crippen LogP contribution in [0.15, 0.2) is 18.3 Å². The van der Waals surface area contributed by atoms with Gasteiger partial charge >= 0.3 is 0 Å². The highest BCUT2D eigenvalue weighted by atomic mass is 32.1. The van der Waals surface area contributed by atoms with Gasteiger partial charge in [0.25, 0.3) is 0 Å². The smallest absolute Gasteiger partial charge is 0.222 e. The van der Waals surface area contributed by atoms with Crippen molar-refractivity contribution in [2.75, 3.05) is 31.7 Å². The van der Waals surface area contributed by atoms with Gasteiger partial charge in [0, 0.05) is 37.4 Å². The predicted octanol–water partition coefficient (Wildman–Crippen LogP) is 2.54. The molecule has 0 spiro atoms. The van der Waals surface area contributed by atoms with Crippen molar-refractivity contribution in [3.63, 3.8) is 0 Å². The van der Waals surface area contributed by atoms with Gasteiger partial charge in [0.2, 0.25) is 16.0 Å². The zero-order valence-corrected chi connectivity index (χ0v) is 17.7. The van der Waals surface area contributed by atoms with Gasteiger partial charge in [-0.25, -0.2) is 14.5 Å². The summed E-state index contributed by atoms with van der Waals surface area (Å²) in [7, 11) is 1.65. The Labute approximate surface area is 173 Å². The predicted molar refractivity (Wildman–Crippen MR) is 113 cm³/mol. The van der Waals surface area contributed by atoms with Crippen LogP contribution in [-0.2, 0) is 4.74 Å². The van der Waals surface area contributed by atoms with Crippen molar-refractivity contribution in [1.82, 2.24) is 19.6 Å². The second-order valence-corrected chi connectivity index (χ2v) is 9.04. The number of hydrogen-bond acceptors (Lipinski definition) is 8. The summed E-state index contributed by atoms with van der Waals surface area (Å²) >= 11 is 1.59. The largest absolute Gasteiger partial charge is 0.480 e. The van der Waals surface area contributed by atoms with E-state index in [1.54, 1.807) is 18.4 Å². The third-order valence-corrected chi connectivity index (χ3v) is 6.91. The molecule has 3 aromatic rings. The minimum Gasteiger partial charge on any atom is -0.480 e. The number of pyridine rings is 1. The molecule has 2 aliphatic heterocycles. The molecule has 9 heteroatoms. The second kappa shape index (κ2) is 7.23. The van der Waals surface area contributed by atoms with Gasteiger partial charge in [0.1, 0.15) is 0 Å². The minimum atomic E-state index is 0.197. The molecule has 0 saturated carbocycles. The topological polar surface area (TPSA) is 90.8 Å². The van der Waals surface area contributed by atoms with Crippen molar-refractivity contribution < 1.29 is 9.47 Å². The molecule has 5 rings (SSSR count). The number of rotatable bonds is 4. The van der Waals surface area contributed by atoms with Crippen molar-refractivity contribution in [3.05, 3.63) is 24.0 Å². The monoisotopic (exact) mass is 414 g/mol. The van der Waals surface area contributed by atoms with Crippen LogP contribution in [0.25, 0.3) is 16.2 Å². The summed E-state index contributed by atoms with van der Waals surface area (Å²) in [5.41, 5.74) is 9.09. The molecule has 8 nitrogen and oxygen atoms in total. The van der Waals surface area contributed by atoms with Gasteiger partial charge in [-0.1, -0.05) is 25.2 Å². The van der Waals surface area contributed by atoms with Crippen molar-refractivity contribution in [2.24, 2.45) is 11.7 Å². The summed E-state index contributed by atoms with van der Waals surface area (Å²) in [6, 6.07) is 4.29. The van der Waals surface area contributed by atoms with Crippen LogP contribution in [0.3, 0.4) is 0 Å². The van der Waals surface area contributed by atoms with E-state index in [2.05, 4.69) is 28.7 Å². The molecule has 0 aliphatic carbocycles. The Morgan fingerprint density at radius 3 is 2.93 bits per heavy atom. The van der Waals surface area contributed by atoms with E-state index < -0.39 is 0 Å². The minimum absolute atomic E-state index is 0.197. The van der Waals surface area contributed by atoms with Crippen LogP contribution in [-0.4, -0.2) is 58.5 Å². The third-order valence-electron chi connectivity index (χ3n) is 5.93. The molecule has 2 N–H and O–H groups in total. The van der Waals surface area contributed by atoms with Crippen molar-refractivity contribution >= 4 is 21.4 Å². The number of nitrogens with zero attached hydrogens (tertiary/aromatic N) is 5. The van der Waals surface area contributed by atoms with Crippen molar-refractivity contribution in [2.45, 2.75) is 38.3 Å². The highest BCUT2D eigenvalue weighted by Crippen LogP contribution is 2.36. The van der Waals surface area contributed by atoms with Crippen LogP contribution in [0.2, 0.25) is 0 Å². The fourth-order valence-corrected chi connectivity index (χ4v) is 5.13. The zero-order valence-electron chi connectivity index (χ0n) is 16.9. The SMILES string of the molecule is COc1nc(C(C)C)ccc1-c1cnc2sc(N3CC4OCC[C@H](N)C4C3)nn12. The van der Waals surface area contributed by atoms with Crippen LogP contribution in [0.1, 0.15) is 31.9 Å². The quantitative estimate of drug-likeness (QED) is 0.701. The Morgan fingerprint density at radius 2 is 2.17 bits per heavy atom. The first kappa shape index (κ1) is 18.8. The Hall–Kier alpha value is -2.23. The third kappa shape index (κ3) is 3.17. The number of fused-ring (bicyclic) bond motifs is 2. The zero-order chi connectivity index (χ0) is 20.1. The van der Waals surface area contributed by atoms with E-state index in [0.29, 0.717) is 17.7 Å². The molecular weight excluding hydrogens is 388 g/mol. The lowest BCUT2D eigenvalue weighted by Crippen LogP contribution is -2.43. The Balaban J connectivity index is 1.48. The Bertz CT molecular complexity index is 1030. The number of methoxy groups -OCH3 is 1. The number of ether oxygens (including phenoxy) is 2. The van der Waals surface area contributed by atoms with Crippen LogP contribution in [0, 0.1) is 5.92 Å². The second-order valence-electron chi connectivity index (χ2n) is 8.10. The molecule has 2 aliphatic rings. The lowest BCUT2D eigenvalue weighted by Gasteiger charge is -2.29. The van der Waals surface area contributed by atoms with E-state index in [-0.39, 0.29) is 12.1 Å². The van der Waals surface area contributed by atoms with E-state index >= 15 is 0 Å². The fraction of sp³-hybridized carbons (Fsp3) is 0.550. The van der Waals surface area contributed by atoms with Crippen molar-refractivity contribution in [3.8, 4) is 17.1 Å². The van der Waals surface area contributed by atoms with Crippen LogP contribution in [0.4, 0.5) is 5.13 Å². The maximum absolute atomic E-state index is 6.32. The van der Waals surface area contributed by atoms with E-state index in [1.165, 1.54) is 0 Å². The van der Waals surface area contributed by atoms with Crippen LogP contribution < -0.4 is 15.4 Å². The molecule has 29 heavy (non-hydrogen) atoms. The number of anilines is 1. The maximum Gasteiger partial charge on any atom is 0.222 e. The normalized spacial score (nSPS) is 24.4. The van der Waals surface area contributed by atoms with E-state index in [0.717, 1.165) is 53.2 Å². The van der Waals surface area contributed by atoms with E-state index in [4.69, 9.17) is 20.3 Å². The van der Waals surface area contributed by atoms with E-state index in [9.17, 15) is 0 Å². The van der Waals surface area contributed by atoms with Crippen molar-refractivity contribution in [1.29, 1.82) is 0 Å². The first-order valence-electron chi connectivity index (χ1n) is 10.1. The maximum atomic E-state index is 6.32. The number of imidazole rings is 1. The first-order chi connectivity index (χ1) is 14.0. The van der Waals surface area contributed by atoms with Gasteiger partial charge in [-0.15, -0.1) is 5.10 Å². The molecule has 2 unspecified atom stereocenters. The lowest BCUT2D eigenvalue weighted by atomic mass is 9.93. The van der Waals surface area contributed by atoms with Gasteiger partial charge < -0.3 is 20.1 Å². The van der Waals surface area contributed by atoms with Gasteiger partial charge in [0.15, 0.2) is 0 Å². The fourth-order valence-electron chi connectivity index (χ4n) is 4.23. The Morgan fingerprint density at radius 1 is 1.31 bits per heavy atom. The molecule has 0 aromatic carbocycles. The van der Waals surface area contributed by atoms with Gasteiger partial charge in [-0.2, -0.15) is 0 Å². The molecule has 0 amide bonds. The van der Waals surface area contributed by atoms with Gasteiger partial charge in [0.05, 0.1) is 30.7 Å². The number of nitrogens with two attached hydrogens (primary N) is 1. The Kier molecular flexibility index (Phi) is 4.68. The first-order valence-corrected chi connectivity index (χ1v) is 10.9. The van der Waals surface area contributed by atoms with Crippen LogP contribution in [0.5, 0.6) is 5.88 Å². The molecule has 5 heterocycles. The molecule has 3 aromatic heterocycles. The summed E-state index contributed by atoms with van der Waals surface area (Å²) in [4.78, 5) is 12.4. The van der Waals surface area contributed by atoms with Crippen LogP contribution >= 0.6 is 11.3 Å². The van der Waals surface area contributed by atoms with E-state index in [1.807, 2.05) is 22.8 Å². The summed E-state index contributed by atoms with van der Waals surface area (Å²) in [6.45, 7) is 6.70. The molecule has 0 bridgehead atoms. The summed E-state index contributed by atoms with van der Waals surface area (Å²) < 4.78 is 13.4. The van der Waals surface area contributed by atoms with Gasteiger partial charge in [-0.3, -0.25) is 0 Å². The highest BCUT2D eigenvalue weighted by Gasteiger charge is 2.41. The summed E-state index contributed by atoms with van der Waals surface area (Å²) in [5.74, 6) is 1.30. The standard InChI is InChI=1S/C20H26N6O2S/c1-11(2)15-5-4-12(18(23-15)27-3)16-8-22-19-26(16)24-20(29-19)25-9-13-14(21)6-7-28-17(13)10-25/h4-5,8,11,13-14,17H,6-7,9-10,21H2,1-3H3/t13?,14-,17?/m0/s1. The molecular formula is C20H26N6O2S. The molecule has 154 valence electrons. The lowest BCUT2D eigenvalue weighted by molar-refractivity contribution is -0.00904. The molecule has 2 saturated heterocycles. The summed E-state index contributed by atoms with van der Waals surface area (Å²) in [6.07, 6.45) is 2.96. The molecule has 2 fully saturated rings. The average molecular weight is 415 g/mol.